The quantitative estimate of drug-likeness (QED) is 0.635. The van der Waals surface area contributed by atoms with Crippen molar-refractivity contribution in [3.05, 3.63) is 52.3 Å². The molecule has 1 fully saturated rings. The van der Waals surface area contributed by atoms with Crippen LogP contribution in [-0.4, -0.2) is 29.7 Å². The van der Waals surface area contributed by atoms with Crippen LogP contribution in [0.5, 0.6) is 5.75 Å². The van der Waals surface area contributed by atoms with Gasteiger partial charge in [0.1, 0.15) is 17.0 Å². The van der Waals surface area contributed by atoms with E-state index in [-0.39, 0.29) is 18.4 Å². The van der Waals surface area contributed by atoms with E-state index in [1.807, 2.05) is 41.8 Å². The number of hydrogen-bond acceptors (Lipinski definition) is 4. The Balaban J connectivity index is 1.51. The van der Waals surface area contributed by atoms with Crippen molar-refractivity contribution >= 4 is 28.1 Å². The Morgan fingerprint density at radius 2 is 2.24 bits per heavy atom. The van der Waals surface area contributed by atoms with E-state index in [1.54, 1.807) is 7.11 Å². The number of hydrogen-bond donors (Lipinski definition) is 3. The number of methoxy groups -OCH3 is 1. The number of amides is 1. The van der Waals surface area contributed by atoms with Gasteiger partial charge in [0.2, 0.25) is 0 Å². The molecule has 0 saturated heterocycles. The zero-order valence-electron chi connectivity index (χ0n) is 13.9. The first-order valence-corrected chi connectivity index (χ1v) is 9.19. The predicted octanol–water partition coefficient (Wildman–Crippen LogP) is 3.27. The molecular weight excluding hydrogens is 336 g/mol. The Morgan fingerprint density at radius 1 is 1.40 bits per heavy atom. The maximum Gasteiger partial charge on any atom is 0.267 e. The fraction of sp³-hybridized carbons (Fsp3) is 0.316. The van der Waals surface area contributed by atoms with E-state index in [9.17, 15) is 9.90 Å². The van der Waals surface area contributed by atoms with Crippen LogP contribution >= 0.6 is 11.3 Å². The van der Waals surface area contributed by atoms with Gasteiger partial charge in [0.15, 0.2) is 0 Å². The number of H-pyrrole nitrogens is 1. The Bertz CT molecular complexity index is 899. The van der Waals surface area contributed by atoms with Crippen LogP contribution in [0.2, 0.25) is 0 Å². The molecule has 130 valence electrons. The van der Waals surface area contributed by atoms with Crippen molar-refractivity contribution in [3.63, 3.8) is 0 Å². The van der Waals surface area contributed by atoms with Crippen molar-refractivity contribution in [1.29, 1.82) is 0 Å². The number of aromatic amines is 1. The number of aromatic nitrogens is 1. The van der Waals surface area contributed by atoms with Gasteiger partial charge in [-0.05, 0) is 48.4 Å². The van der Waals surface area contributed by atoms with Crippen molar-refractivity contribution in [2.45, 2.75) is 18.4 Å². The van der Waals surface area contributed by atoms with Crippen LogP contribution in [-0.2, 0) is 5.60 Å². The molecule has 1 aromatic carbocycles. The minimum Gasteiger partial charge on any atom is -0.497 e. The molecule has 6 heteroatoms. The molecular formula is C19H20N2O3S. The lowest BCUT2D eigenvalue weighted by atomic mass is 9.95. The molecule has 0 aliphatic heterocycles. The standard InChI is InChI=1S/C19H20N2O3S/c1-24-14-7-4-12-9-16(21-15(12)10-14)18(22)20-11-19(23,13-5-6-13)17-3-2-8-25-17/h2-4,7-10,13,21,23H,5-6,11H2,1H3,(H,20,22)/t19-/m1/s1. The van der Waals surface area contributed by atoms with Gasteiger partial charge >= 0.3 is 0 Å². The summed E-state index contributed by atoms with van der Waals surface area (Å²) in [6.45, 7) is 0.218. The lowest BCUT2D eigenvalue weighted by molar-refractivity contribution is 0.0169. The minimum atomic E-state index is -0.973. The van der Waals surface area contributed by atoms with Gasteiger partial charge in [-0.2, -0.15) is 0 Å². The predicted molar refractivity (Wildman–Crippen MR) is 98.1 cm³/mol. The van der Waals surface area contributed by atoms with Crippen molar-refractivity contribution in [1.82, 2.24) is 10.3 Å². The third-order valence-corrected chi connectivity index (χ3v) is 5.83. The van der Waals surface area contributed by atoms with Gasteiger partial charge in [-0.15, -0.1) is 11.3 Å². The van der Waals surface area contributed by atoms with Crippen LogP contribution in [0.15, 0.2) is 41.8 Å². The molecule has 2 heterocycles. The first-order valence-electron chi connectivity index (χ1n) is 8.31. The van der Waals surface area contributed by atoms with Gasteiger partial charge in [-0.25, -0.2) is 0 Å². The van der Waals surface area contributed by atoms with Gasteiger partial charge in [-0.1, -0.05) is 6.07 Å². The normalized spacial score (nSPS) is 16.6. The molecule has 1 amide bonds. The Morgan fingerprint density at radius 3 is 2.92 bits per heavy atom. The third kappa shape index (κ3) is 3.03. The lowest BCUT2D eigenvalue weighted by Crippen LogP contribution is -2.42. The fourth-order valence-electron chi connectivity index (χ4n) is 3.18. The zero-order chi connectivity index (χ0) is 17.4. The monoisotopic (exact) mass is 356 g/mol. The number of fused-ring (bicyclic) bond motifs is 1. The first-order chi connectivity index (χ1) is 12.1. The number of nitrogens with one attached hydrogen (secondary N) is 2. The average Bonchev–Trinajstić information content (AvgIpc) is 3.18. The van der Waals surface area contributed by atoms with Crippen molar-refractivity contribution in [2.75, 3.05) is 13.7 Å². The van der Waals surface area contributed by atoms with E-state index in [1.165, 1.54) is 11.3 Å². The second-order valence-corrected chi connectivity index (χ2v) is 7.44. The maximum absolute atomic E-state index is 12.5. The number of thiophene rings is 1. The molecule has 1 saturated carbocycles. The second-order valence-electron chi connectivity index (χ2n) is 6.49. The Kier molecular flexibility index (Phi) is 4.01. The van der Waals surface area contributed by atoms with Gasteiger partial charge in [0, 0.05) is 21.8 Å². The minimum absolute atomic E-state index is 0.217. The third-order valence-electron chi connectivity index (χ3n) is 4.79. The number of carbonyl (C=O) groups is 1. The summed E-state index contributed by atoms with van der Waals surface area (Å²) in [5.41, 5.74) is 0.354. The van der Waals surface area contributed by atoms with E-state index in [4.69, 9.17) is 4.74 Å². The van der Waals surface area contributed by atoms with E-state index in [2.05, 4.69) is 10.3 Å². The van der Waals surface area contributed by atoms with Gasteiger partial charge < -0.3 is 20.1 Å². The summed E-state index contributed by atoms with van der Waals surface area (Å²) in [7, 11) is 1.61. The van der Waals surface area contributed by atoms with Crippen molar-refractivity contribution in [2.24, 2.45) is 5.92 Å². The summed E-state index contributed by atoms with van der Waals surface area (Å²) in [4.78, 5) is 16.6. The number of aliphatic hydroxyl groups is 1. The molecule has 0 unspecified atom stereocenters. The SMILES string of the molecule is COc1ccc2cc(C(=O)NC[C@](O)(c3cccs3)C3CC3)[nH]c2c1. The molecule has 25 heavy (non-hydrogen) atoms. The number of rotatable bonds is 6. The number of carbonyl (C=O) groups excluding carboxylic acids is 1. The van der Waals surface area contributed by atoms with Crippen LogP contribution in [0.3, 0.4) is 0 Å². The van der Waals surface area contributed by atoms with Gasteiger partial charge in [0.05, 0.1) is 13.7 Å². The van der Waals surface area contributed by atoms with E-state index >= 15 is 0 Å². The largest absolute Gasteiger partial charge is 0.497 e. The van der Waals surface area contributed by atoms with Crippen LogP contribution < -0.4 is 10.1 Å². The topological polar surface area (TPSA) is 74.3 Å². The maximum atomic E-state index is 12.5. The molecule has 0 bridgehead atoms. The lowest BCUT2D eigenvalue weighted by Gasteiger charge is -2.27. The molecule has 4 rings (SSSR count). The molecule has 1 aliphatic rings. The zero-order valence-corrected chi connectivity index (χ0v) is 14.7. The number of ether oxygens (including phenoxy) is 1. The van der Waals surface area contributed by atoms with Gasteiger partial charge in [-0.3, -0.25) is 4.79 Å². The summed E-state index contributed by atoms with van der Waals surface area (Å²) in [6, 6.07) is 11.3. The highest BCUT2D eigenvalue weighted by Gasteiger charge is 2.46. The summed E-state index contributed by atoms with van der Waals surface area (Å²) >= 11 is 1.53. The van der Waals surface area contributed by atoms with E-state index in [0.29, 0.717) is 5.69 Å². The Labute approximate surface area is 149 Å². The van der Waals surface area contributed by atoms with Gasteiger partial charge in [0.25, 0.3) is 5.91 Å². The summed E-state index contributed by atoms with van der Waals surface area (Å²) in [5.74, 6) is 0.742. The molecule has 1 atom stereocenters. The number of benzene rings is 1. The van der Waals surface area contributed by atoms with Crippen LogP contribution in [0.25, 0.3) is 10.9 Å². The molecule has 3 N–H and O–H groups in total. The second kappa shape index (κ2) is 6.20. The van der Waals surface area contributed by atoms with Crippen LogP contribution in [0.1, 0.15) is 28.2 Å². The highest BCUT2D eigenvalue weighted by molar-refractivity contribution is 7.10. The average molecular weight is 356 g/mol. The summed E-state index contributed by atoms with van der Waals surface area (Å²) < 4.78 is 5.21. The molecule has 0 spiro atoms. The van der Waals surface area contributed by atoms with Crippen molar-refractivity contribution < 1.29 is 14.6 Å². The summed E-state index contributed by atoms with van der Waals surface area (Å²) in [5, 5.41) is 16.9. The smallest absolute Gasteiger partial charge is 0.267 e. The molecule has 5 nitrogen and oxygen atoms in total. The van der Waals surface area contributed by atoms with E-state index in [0.717, 1.165) is 34.4 Å². The fourth-order valence-corrected chi connectivity index (χ4v) is 4.09. The van der Waals surface area contributed by atoms with Crippen LogP contribution in [0.4, 0.5) is 0 Å². The van der Waals surface area contributed by atoms with E-state index < -0.39 is 5.60 Å². The highest BCUT2D eigenvalue weighted by atomic mass is 32.1. The van der Waals surface area contributed by atoms with Crippen molar-refractivity contribution in [3.8, 4) is 5.75 Å². The molecule has 2 aromatic heterocycles. The molecule has 0 radical (unpaired) electrons. The first kappa shape index (κ1) is 16.2. The highest BCUT2D eigenvalue weighted by Crippen LogP contribution is 2.46. The Hall–Kier alpha value is -2.31. The molecule has 1 aliphatic carbocycles. The summed E-state index contributed by atoms with van der Waals surface area (Å²) in [6.07, 6.45) is 1.99. The van der Waals surface area contributed by atoms with Crippen LogP contribution in [0, 0.1) is 5.92 Å². The molecule has 3 aromatic rings.